The minimum absolute atomic E-state index is 0.0151. The van der Waals surface area contributed by atoms with Gasteiger partial charge in [-0.25, -0.2) is 0 Å². The molecule has 0 saturated heterocycles. The summed E-state index contributed by atoms with van der Waals surface area (Å²) in [6, 6.07) is 11.2. The van der Waals surface area contributed by atoms with E-state index in [0.29, 0.717) is 73.1 Å². The lowest BCUT2D eigenvalue weighted by atomic mass is 9.55. The van der Waals surface area contributed by atoms with Crippen LogP contribution in [0.4, 0.5) is 11.4 Å². The molecule has 30 nitrogen and oxygen atoms in total. The molecular formula is C66H98N14O16. The molecule has 15 N–H and O–H groups in total. The highest BCUT2D eigenvalue weighted by Gasteiger charge is 2.57. The van der Waals surface area contributed by atoms with Crippen LogP contribution in [0, 0.1) is 29.6 Å². The van der Waals surface area contributed by atoms with Gasteiger partial charge in [-0.3, -0.25) is 77.2 Å². The zero-order valence-corrected chi connectivity index (χ0v) is 55.5. The molecule has 0 aliphatic heterocycles. The smallest absolute Gasteiger partial charge is 0.317 e. The minimum Gasteiger partial charge on any atom is -0.480 e. The van der Waals surface area contributed by atoms with Gasteiger partial charge in [-0.1, -0.05) is 35.0 Å². The van der Waals surface area contributed by atoms with Crippen LogP contribution in [0.2, 0.25) is 0 Å². The van der Waals surface area contributed by atoms with Crippen LogP contribution in [0.15, 0.2) is 65.3 Å². The third kappa shape index (κ3) is 24.4. The normalized spacial score (nSPS) is 21.2. The Morgan fingerprint density at radius 1 is 0.594 bits per heavy atom. The van der Waals surface area contributed by atoms with Crippen LogP contribution in [0.5, 0.6) is 0 Å². The molecule has 4 aliphatic rings. The van der Waals surface area contributed by atoms with Gasteiger partial charge in [-0.05, 0) is 170 Å². The number of nitrogens with one attached hydrogen (secondary N) is 3. The molecule has 0 heterocycles. The molecule has 9 atom stereocenters. The van der Waals surface area contributed by atoms with Crippen LogP contribution in [-0.2, 0) is 70.4 Å². The van der Waals surface area contributed by atoms with Crippen LogP contribution < -0.4 is 38.9 Å². The zero-order chi connectivity index (χ0) is 70.4. The standard InChI is InChI=1S/C66H98N14O16/c1-41(81)66(95)23-21-53-52-15-9-44-31-47(14-16-50(44)51(52)17-18-54(53)66)74-96-28-22-61(87)73-55(19-20-60(86)71-45-10-5-43(6-11-45)30-49(80(37-59(70)85)40-64(92)93)32-75(2)24-25-76(3)34-56(67)82)65(94)72-46-12-7-42(8-13-46)29-48(77(4)35-57(68)83)33-78(38-62(88)89)26-27-79(36-58(69)84)39-63(90)91/h5-8,10-13,31,48-55,95H,9,14-30,32-40H2,1-4H3,(H2,67,82)(H2,68,83)(H2,69,84)(H2,70,85)(H,71,86)(H,72,94)(H,73,87)(H,88,89)(H,90,91)(H,92,93)/b74-47-. The van der Waals surface area contributed by atoms with Crippen LogP contribution in [0.1, 0.15) is 88.7 Å². The number of fused-ring (bicyclic) bond motifs is 5. The number of aliphatic hydroxyl groups is 1. The summed E-state index contributed by atoms with van der Waals surface area (Å²) in [5, 5.41) is 53.1. The molecule has 6 rings (SSSR count). The number of nitrogens with zero attached hydrogens (tertiary/aromatic N) is 7. The molecule has 3 fully saturated rings. The number of carboxylic acids is 3. The first kappa shape index (κ1) is 76.8. The fourth-order valence-corrected chi connectivity index (χ4v) is 14.4. The number of hydrogen-bond acceptors (Lipinski definition) is 20. The van der Waals surface area contributed by atoms with Gasteiger partial charge in [0, 0.05) is 69.1 Å². The summed E-state index contributed by atoms with van der Waals surface area (Å²) in [5.41, 5.74) is 24.9. The number of amides is 7. The molecule has 0 aromatic heterocycles. The Morgan fingerprint density at radius 3 is 1.78 bits per heavy atom. The van der Waals surface area contributed by atoms with Crippen molar-refractivity contribution in [2.75, 3.05) is 123 Å². The van der Waals surface area contributed by atoms with Crippen molar-refractivity contribution in [3.63, 3.8) is 0 Å². The zero-order valence-electron chi connectivity index (χ0n) is 55.5. The molecule has 9 unspecified atom stereocenters. The predicted molar refractivity (Wildman–Crippen MR) is 354 cm³/mol. The Morgan fingerprint density at radius 2 is 1.18 bits per heavy atom. The van der Waals surface area contributed by atoms with Crippen LogP contribution in [0.3, 0.4) is 0 Å². The third-order valence-corrected chi connectivity index (χ3v) is 19.0. The van der Waals surface area contributed by atoms with Crippen molar-refractivity contribution in [3.8, 4) is 0 Å². The van der Waals surface area contributed by atoms with E-state index in [9.17, 15) is 73.2 Å². The molecule has 2 aromatic carbocycles. The van der Waals surface area contributed by atoms with Gasteiger partial charge in [0.2, 0.25) is 41.4 Å². The minimum atomic E-state index is -1.24. The Hall–Kier alpha value is -8.26. The Bertz CT molecular complexity index is 3100. The molecule has 0 radical (unpaired) electrons. The van der Waals surface area contributed by atoms with Gasteiger partial charge in [-0.15, -0.1) is 0 Å². The topological polar surface area (TPSA) is 450 Å². The number of carbonyl (C=O) groups excluding carboxylic acids is 8. The Balaban J connectivity index is 1.12. The molecule has 3 saturated carbocycles. The number of aliphatic carboxylic acids is 3. The summed E-state index contributed by atoms with van der Waals surface area (Å²) in [4.78, 5) is 152. The summed E-state index contributed by atoms with van der Waals surface area (Å²) in [6.07, 6.45) is 8.78. The van der Waals surface area contributed by atoms with E-state index in [1.54, 1.807) is 77.3 Å². The van der Waals surface area contributed by atoms with Gasteiger partial charge < -0.3 is 69.0 Å². The molecule has 7 amide bonds. The second kappa shape index (κ2) is 36.7. The summed E-state index contributed by atoms with van der Waals surface area (Å²) in [7, 11) is 5.21. The lowest BCUT2D eigenvalue weighted by Crippen LogP contribution is -2.50. The number of nitrogens with two attached hydrogens (primary N) is 4. The predicted octanol–water partition coefficient (Wildman–Crippen LogP) is -0.487. The number of hydrogen-bond donors (Lipinski definition) is 11. The highest BCUT2D eigenvalue weighted by Crippen LogP contribution is 2.59. The van der Waals surface area contributed by atoms with Crippen molar-refractivity contribution in [2.24, 2.45) is 57.7 Å². The molecule has 4 aliphatic carbocycles. The second-order valence-electron chi connectivity index (χ2n) is 26.4. The molecular weight excluding hydrogens is 1240 g/mol. The van der Waals surface area contributed by atoms with Crippen molar-refractivity contribution >= 4 is 82.1 Å². The van der Waals surface area contributed by atoms with Gasteiger partial charge in [0.05, 0.1) is 57.9 Å². The lowest BCUT2D eigenvalue weighted by molar-refractivity contribution is -0.143. The molecule has 528 valence electrons. The molecule has 0 spiro atoms. The van der Waals surface area contributed by atoms with E-state index in [0.717, 1.165) is 49.8 Å². The molecule has 2 aromatic rings. The first-order valence-electron chi connectivity index (χ1n) is 32.7. The van der Waals surface area contributed by atoms with E-state index in [-0.39, 0.29) is 96.2 Å². The van der Waals surface area contributed by atoms with E-state index in [1.165, 1.54) is 22.3 Å². The monoisotopic (exact) mass is 1340 g/mol. The van der Waals surface area contributed by atoms with Gasteiger partial charge in [-0.2, -0.15) is 0 Å². The summed E-state index contributed by atoms with van der Waals surface area (Å²) in [5.74, 6) is -6.24. The number of anilines is 2. The van der Waals surface area contributed by atoms with Crippen LogP contribution in [-0.4, -0.2) is 257 Å². The van der Waals surface area contributed by atoms with E-state index in [4.69, 9.17) is 27.8 Å². The van der Waals surface area contributed by atoms with Crippen molar-refractivity contribution in [2.45, 2.75) is 114 Å². The Kier molecular flexibility index (Phi) is 29.4. The molecule has 96 heavy (non-hydrogen) atoms. The molecule has 0 bridgehead atoms. The summed E-state index contributed by atoms with van der Waals surface area (Å²) < 4.78 is 0. The Labute approximate surface area is 559 Å². The maximum atomic E-state index is 14.2. The number of carbonyl (C=O) groups is 11. The van der Waals surface area contributed by atoms with Crippen LogP contribution >= 0.6 is 0 Å². The average molecular weight is 1340 g/mol. The van der Waals surface area contributed by atoms with Gasteiger partial charge in [0.1, 0.15) is 18.2 Å². The number of allylic oxidation sites excluding steroid dienone is 2. The first-order chi connectivity index (χ1) is 45.4. The number of carboxylic acid groups (broad SMARTS) is 3. The first-order valence-corrected chi connectivity index (χ1v) is 32.7. The van der Waals surface area contributed by atoms with Gasteiger partial charge >= 0.3 is 17.9 Å². The maximum Gasteiger partial charge on any atom is 0.317 e. The van der Waals surface area contributed by atoms with Gasteiger partial charge in [0.25, 0.3) is 0 Å². The third-order valence-electron chi connectivity index (χ3n) is 19.0. The number of ketones is 1. The highest BCUT2D eigenvalue weighted by atomic mass is 16.6. The summed E-state index contributed by atoms with van der Waals surface area (Å²) in [6.45, 7) is 0.489. The van der Waals surface area contributed by atoms with Crippen molar-refractivity contribution in [3.05, 3.63) is 71.3 Å². The van der Waals surface area contributed by atoms with E-state index < -0.39 is 103 Å². The van der Waals surface area contributed by atoms with E-state index in [2.05, 4.69) is 27.2 Å². The largest absolute Gasteiger partial charge is 0.480 e. The summed E-state index contributed by atoms with van der Waals surface area (Å²) >= 11 is 0. The van der Waals surface area contributed by atoms with Crippen molar-refractivity contribution in [1.29, 1.82) is 0 Å². The number of Topliss-reactive ketones (excluding diaryl/α,β-unsaturated/α-hetero) is 1. The fourth-order valence-electron chi connectivity index (χ4n) is 14.4. The number of primary amides is 4. The van der Waals surface area contributed by atoms with E-state index >= 15 is 0 Å². The van der Waals surface area contributed by atoms with Crippen molar-refractivity contribution in [1.82, 2.24) is 34.7 Å². The number of rotatable bonds is 42. The van der Waals surface area contributed by atoms with Gasteiger partial charge in [0.15, 0.2) is 5.78 Å². The number of likely N-dealkylation sites (N-methyl/N-ethyl adjacent to an activating group) is 3. The van der Waals surface area contributed by atoms with E-state index in [1.807, 2.05) is 11.9 Å². The number of oxime groups is 1. The SMILES string of the molecule is CC(=O)C1(O)CCC2C3CCC4=C/C(=N\OCCC(=O)NC(CCC(=O)Nc5ccc(CC(CN(C)CCN(C)CC(N)=O)N(CC(N)=O)CC(=O)O)cc5)C(=O)Nc5ccc(CC(CN(CCN(CC(N)=O)CC(=O)O)CC(=O)O)N(C)CC(N)=O)cc5)CCC4C3CCC21. The second-order valence-corrected chi connectivity index (χ2v) is 26.4. The average Bonchev–Trinajstić information content (AvgIpc) is 1.52. The highest BCUT2D eigenvalue weighted by molar-refractivity contribution is 5.98. The lowest BCUT2D eigenvalue weighted by Gasteiger charge is -2.50. The quantitative estimate of drug-likeness (QED) is 0.0295. The number of benzene rings is 2. The fraction of sp³-hybridized carbons (Fsp3) is 0.606. The maximum absolute atomic E-state index is 14.2. The van der Waals surface area contributed by atoms with Crippen LogP contribution in [0.25, 0.3) is 0 Å². The van der Waals surface area contributed by atoms with Crippen molar-refractivity contribution < 1.29 is 78.0 Å². The molecule has 30 heteroatoms.